The molecule has 152 valence electrons. The lowest BCUT2D eigenvalue weighted by Crippen LogP contribution is -2.55. The molecule has 0 spiro atoms. The van der Waals surface area contributed by atoms with Crippen molar-refractivity contribution in [2.45, 2.75) is 43.9 Å². The van der Waals surface area contributed by atoms with Gasteiger partial charge in [0.2, 0.25) is 0 Å². The summed E-state index contributed by atoms with van der Waals surface area (Å²) in [6.45, 7) is 2.07. The first kappa shape index (κ1) is 21.0. The summed E-state index contributed by atoms with van der Waals surface area (Å²) in [6, 6.07) is 12.9. The minimum atomic E-state index is -1.42. The Balaban J connectivity index is 1.82. The Kier molecular flexibility index (Phi) is 6.93. The van der Waals surface area contributed by atoms with Gasteiger partial charge < -0.3 is 29.9 Å². The minimum absolute atomic E-state index is 0.464. The van der Waals surface area contributed by atoms with E-state index in [0.717, 1.165) is 16.9 Å². The fourth-order valence-corrected chi connectivity index (χ4v) is 3.56. The first-order valence-electron chi connectivity index (χ1n) is 9.25. The summed E-state index contributed by atoms with van der Waals surface area (Å²) < 4.78 is 11.1. The van der Waals surface area contributed by atoms with Gasteiger partial charge in [-0.2, -0.15) is 0 Å². The number of halogens is 1. The highest BCUT2D eigenvalue weighted by Gasteiger charge is 2.43. The second kappa shape index (κ2) is 9.22. The predicted molar refractivity (Wildman–Crippen MR) is 105 cm³/mol. The largest absolute Gasteiger partial charge is 0.494 e. The van der Waals surface area contributed by atoms with Crippen LogP contribution in [-0.2, 0) is 11.2 Å². The van der Waals surface area contributed by atoms with Crippen molar-refractivity contribution >= 4 is 11.6 Å². The molecule has 0 saturated carbocycles. The average Bonchev–Trinajstić information content (AvgIpc) is 2.70. The van der Waals surface area contributed by atoms with Crippen LogP contribution in [0.1, 0.15) is 29.7 Å². The van der Waals surface area contributed by atoms with Crippen LogP contribution in [0.4, 0.5) is 0 Å². The first-order chi connectivity index (χ1) is 13.4. The maximum Gasteiger partial charge on any atom is 0.119 e. The van der Waals surface area contributed by atoms with Crippen molar-refractivity contribution in [3.05, 3.63) is 64.2 Å². The van der Waals surface area contributed by atoms with E-state index < -0.39 is 37.1 Å². The number of aliphatic hydroxyl groups is 4. The van der Waals surface area contributed by atoms with E-state index in [1.165, 1.54) is 0 Å². The molecule has 7 heteroatoms. The summed E-state index contributed by atoms with van der Waals surface area (Å²) in [5.74, 6) is 0.799. The van der Waals surface area contributed by atoms with Crippen molar-refractivity contribution in [2.75, 3.05) is 13.2 Å². The van der Waals surface area contributed by atoms with Gasteiger partial charge in [0.15, 0.2) is 0 Å². The van der Waals surface area contributed by atoms with Crippen molar-refractivity contribution in [3.63, 3.8) is 0 Å². The van der Waals surface area contributed by atoms with Crippen LogP contribution in [0.25, 0.3) is 0 Å². The Morgan fingerprint density at radius 2 is 1.71 bits per heavy atom. The number of benzene rings is 2. The molecule has 5 atom stereocenters. The molecule has 2 aromatic carbocycles. The lowest BCUT2D eigenvalue weighted by Gasteiger charge is -2.40. The number of rotatable bonds is 6. The standard InChI is InChI=1S/C21H25ClO6/c1-2-27-15-6-3-12(4-7-15)9-14-10-13(5-8-16(14)22)21-20(26)19(25)18(24)17(11-23)28-21/h3-8,10,17-21,23-26H,2,9,11H2,1H3/t17-,18-,19+,20-,21+/m0/s1. The molecule has 28 heavy (non-hydrogen) atoms. The van der Waals surface area contributed by atoms with E-state index in [-0.39, 0.29) is 0 Å². The fourth-order valence-electron chi connectivity index (χ4n) is 3.37. The summed E-state index contributed by atoms with van der Waals surface area (Å²) in [5, 5.41) is 40.3. The van der Waals surface area contributed by atoms with Gasteiger partial charge in [0.1, 0.15) is 36.3 Å². The lowest BCUT2D eigenvalue weighted by molar-refractivity contribution is -0.231. The highest BCUT2D eigenvalue weighted by Crippen LogP contribution is 2.34. The van der Waals surface area contributed by atoms with Crippen molar-refractivity contribution in [1.29, 1.82) is 0 Å². The van der Waals surface area contributed by atoms with Crippen molar-refractivity contribution in [2.24, 2.45) is 0 Å². The van der Waals surface area contributed by atoms with Crippen LogP contribution < -0.4 is 4.74 Å². The van der Waals surface area contributed by atoms with Crippen LogP contribution in [-0.4, -0.2) is 58.1 Å². The SMILES string of the molecule is CCOc1ccc(Cc2cc([C@H]3O[C@@H](CO)[C@H](O)[C@@H](O)[C@@H]3O)ccc2Cl)cc1. The number of ether oxygens (including phenoxy) is 2. The number of hydrogen-bond donors (Lipinski definition) is 4. The molecule has 1 saturated heterocycles. The van der Waals surface area contributed by atoms with Gasteiger partial charge in [-0.1, -0.05) is 35.9 Å². The third-order valence-electron chi connectivity index (χ3n) is 4.92. The van der Waals surface area contributed by atoms with Crippen molar-refractivity contribution in [3.8, 4) is 5.75 Å². The molecule has 0 amide bonds. The molecule has 0 aromatic heterocycles. The second-order valence-electron chi connectivity index (χ2n) is 6.85. The Hall–Kier alpha value is -1.67. The molecule has 1 fully saturated rings. The van der Waals surface area contributed by atoms with Gasteiger partial charge in [-0.15, -0.1) is 0 Å². The van der Waals surface area contributed by atoms with Crippen LogP contribution in [0.5, 0.6) is 5.75 Å². The number of aliphatic hydroxyl groups excluding tert-OH is 4. The third kappa shape index (κ3) is 4.49. The zero-order chi connectivity index (χ0) is 20.3. The lowest BCUT2D eigenvalue weighted by atomic mass is 9.90. The summed E-state index contributed by atoms with van der Waals surface area (Å²) in [5.41, 5.74) is 2.49. The highest BCUT2D eigenvalue weighted by atomic mass is 35.5. The summed E-state index contributed by atoms with van der Waals surface area (Å²) in [7, 11) is 0. The molecule has 0 aliphatic carbocycles. The molecule has 0 radical (unpaired) electrons. The number of hydrogen-bond acceptors (Lipinski definition) is 6. The van der Waals surface area contributed by atoms with E-state index >= 15 is 0 Å². The summed E-state index contributed by atoms with van der Waals surface area (Å²) in [4.78, 5) is 0. The molecule has 0 unspecified atom stereocenters. The molecular weight excluding hydrogens is 384 g/mol. The van der Waals surface area contributed by atoms with E-state index in [0.29, 0.717) is 23.6 Å². The Morgan fingerprint density at radius 1 is 1.00 bits per heavy atom. The predicted octanol–water partition coefficient (Wildman–Crippen LogP) is 1.84. The van der Waals surface area contributed by atoms with Crippen LogP contribution in [0, 0.1) is 0 Å². The van der Waals surface area contributed by atoms with E-state index in [1.807, 2.05) is 37.3 Å². The van der Waals surface area contributed by atoms with Gasteiger partial charge in [0.05, 0.1) is 13.2 Å². The molecule has 1 aliphatic rings. The maximum atomic E-state index is 10.3. The smallest absolute Gasteiger partial charge is 0.119 e. The maximum absolute atomic E-state index is 10.3. The van der Waals surface area contributed by atoms with E-state index in [9.17, 15) is 20.4 Å². The van der Waals surface area contributed by atoms with E-state index in [2.05, 4.69) is 0 Å². The van der Waals surface area contributed by atoms with Crippen LogP contribution in [0.3, 0.4) is 0 Å². The average molecular weight is 409 g/mol. The zero-order valence-electron chi connectivity index (χ0n) is 15.5. The topological polar surface area (TPSA) is 99.4 Å². The second-order valence-corrected chi connectivity index (χ2v) is 7.26. The van der Waals surface area contributed by atoms with Crippen molar-refractivity contribution in [1.82, 2.24) is 0 Å². The first-order valence-corrected chi connectivity index (χ1v) is 9.63. The van der Waals surface area contributed by atoms with Gasteiger partial charge in [-0.05, 0) is 48.2 Å². The zero-order valence-corrected chi connectivity index (χ0v) is 16.3. The summed E-state index contributed by atoms with van der Waals surface area (Å²) >= 11 is 6.35. The molecule has 3 rings (SSSR count). The van der Waals surface area contributed by atoms with E-state index in [1.54, 1.807) is 12.1 Å². The Morgan fingerprint density at radius 3 is 2.36 bits per heavy atom. The van der Waals surface area contributed by atoms with Crippen LogP contribution in [0.2, 0.25) is 5.02 Å². The Labute approximate surface area is 168 Å². The molecule has 1 heterocycles. The van der Waals surface area contributed by atoms with Gasteiger partial charge in [0.25, 0.3) is 0 Å². The van der Waals surface area contributed by atoms with E-state index in [4.69, 9.17) is 21.1 Å². The van der Waals surface area contributed by atoms with Gasteiger partial charge in [-0.25, -0.2) is 0 Å². The molecular formula is C21H25ClO6. The quantitative estimate of drug-likeness (QED) is 0.582. The molecule has 0 bridgehead atoms. The monoisotopic (exact) mass is 408 g/mol. The van der Waals surface area contributed by atoms with Gasteiger partial charge >= 0.3 is 0 Å². The molecule has 2 aromatic rings. The van der Waals surface area contributed by atoms with Crippen molar-refractivity contribution < 1.29 is 29.9 Å². The molecule has 4 N–H and O–H groups in total. The summed E-state index contributed by atoms with van der Waals surface area (Å²) in [6.07, 6.45) is -5.39. The normalized spacial score (nSPS) is 27.6. The van der Waals surface area contributed by atoms with Gasteiger partial charge in [-0.3, -0.25) is 0 Å². The van der Waals surface area contributed by atoms with Crippen LogP contribution >= 0.6 is 11.6 Å². The minimum Gasteiger partial charge on any atom is -0.494 e. The van der Waals surface area contributed by atoms with Gasteiger partial charge in [0, 0.05) is 5.02 Å². The Bertz CT molecular complexity index is 779. The fraction of sp³-hybridized carbons (Fsp3) is 0.429. The van der Waals surface area contributed by atoms with Crippen LogP contribution in [0.15, 0.2) is 42.5 Å². The highest BCUT2D eigenvalue weighted by molar-refractivity contribution is 6.31. The molecule has 6 nitrogen and oxygen atoms in total. The molecule has 1 aliphatic heterocycles. The third-order valence-corrected chi connectivity index (χ3v) is 5.29.